The van der Waals surface area contributed by atoms with Crippen molar-refractivity contribution in [1.29, 1.82) is 0 Å². The third kappa shape index (κ3) is 4.01. The van der Waals surface area contributed by atoms with Crippen molar-refractivity contribution in [2.45, 2.75) is 64.8 Å². The quantitative estimate of drug-likeness (QED) is 0.624. The van der Waals surface area contributed by atoms with Crippen LogP contribution in [0.4, 0.5) is 0 Å². The Morgan fingerprint density at radius 1 is 1.09 bits per heavy atom. The van der Waals surface area contributed by atoms with Gasteiger partial charge in [0.05, 0.1) is 0 Å². The smallest absolute Gasteiger partial charge is 0.193 e. The van der Waals surface area contributed by atoms with Crippen LogP contribution in [-0.2, 0) is 0 Å². The van der Waals surface area contributed by atoms with Gasteiger partial charge in [-0.15, -0.1) is 0 Å². The number of rotatable bonds is 5. The van der Waals surface area contributed by atoms with E-state index in [1.54, 1.807) is 0 Å². The van der Waals surface area contributed by atoms with E-state index in [0.717, 1.165) is 18.4 Å². The SMILES string of the molecule is CN=C(NCC(CC(C)C)N1CCCC1)N1CCC2(CCC2)C1. The molecule has 1 aliphatic carbocycles. The minimum Gasteiger partial charge on any atom is -0.355 e. The topological polar surface area (TPSA) is 30.9 Å². The number of aliphatic imine (C=N–C) groups is 1. The molecule has 2 aliphatic heterocycles. The van der Waals surface area contributed by atoms with Crippen LogP contribution < -0.4 is 5.32 Å². The Hall–Kier alpha value is -0.770. The first kappa shape index (κ1) is 17.1. The van der Waals surface area contributed by atoms with Crippen LogP contribution in [0.25, 0.3) is 0 Å². The van der Waals surface area contributed by atoms with Crippen LogP contribution in [0.15, 0.2) is 4.99 Å². The highest BCUT2D eigenvalue weighted by molar-refractivity contribution is 5.80. The molecule has 3 aliphatic rings. The standard InChI is InChI=1S/C19H36N4/c1-16(2)13-17(22-10-4-5-11-22)14-21-18(20-3)23-12-9-19(15-23)7-6-8-19/h16-17H,4-15H2,1-3H3,(H,20,21). The summed E-state index contributed by atoms with van der Waals surface area (Å²) in [5.41, 5.74) is 0.643. The lowest BCUT2D eigenvalue weighted by Crippen LogP contribution is -2.48. The molecule has 2 saturated heterocycles. The summed E-state index contributed by atoms with van der Waals surface area (Å²) in [6.07, 6.45) is 9.71. The van der Waals surface area contributed by atoms with Gasteiger partial charge in [-0.05, 0) is 62.9 Å². The summed E-state index contributed by atoms with van der Waals surface area (Å²) in [5, 5.41) is 3.71. The molecule has 1 spiro atoms. The highest BCUT2D eigenvalue weighted by Gasteiger charge is 2.43. The maximum absolute atomic E-state index is 4.58. The number of nitrogens with zero attached hydrogens (tertiary/aromatic N) is 3. The molecule has 2 heterocycles. The second kappa shape index (κ2) is 7.42. The fourth-order valence-corrected chi connectivity index (χ4v) is 4.75. The first-order valence-corrected chi connectivity index (χ1v) is 9.81. The first-order chi connectivity index (χ1) is 11.1. The zero-order valence-corrected chi connectivity index (χ0v) is 15.5. The Morgan fingerprint density at radius 3 is 2.35 bits per heavy atom. The van der Waals surface area contributed by atoms with Gasteiger partial charge < -0.3 is 10.2 Å². The van der Waals surface area contributed by atoms with E-state index in [0.29, 0.717) is 11.5 Å². The molecular formula is C19H36N4. The monoisotopic (exact) mass is 320 g/mol. The summed E-state index contributed by atoms with van der Waals surface area (Å²) in [7, 11) is 1.95. The molecule has 1 N–H and O–H groups in total. The summed E-state index contributed by atoms with van der Waals surface area (Å²) in [5.74, 6) is 1.90. The minimum absolute atomic E-state index is 0.643. The number of guanidine groups is 1. The number of hydrogen-bond acceptors (Lipinski definition) is 2. The minimum atomic E-state index is 0.643. The molecule has 0 amide bonds. The first-order valence-electron chi connectivity index (χ1n) is 9.81. The molecular weight excluding hydrogens is 284 g/mol. The summed E-state index contributed by atoms with van der Waals surface area (Å²) < 4.78 is 0. The number of likely N-dealkylation sites (tertiary alicyclic amines) is 2. The third-order valence-electron chi connectivity index (χ3n) is 6.26. The molecule has 3 rings (SSSR count). The van der Waals surface area contributed by atoms with E-state index >= 15 is 0 Å². The lowest BCUT2D eigenvalue weighted by atomic mass is 9.68. The lowest BCUT2D eigenvalue weighted by molar-refractivity contribution is 0.151. The molecule has 0 radical (unpaired) electrons. The summed E-state index contributed by atoms with van der Waals surface area (Å²) in [6, 6.07) is 0.662. The van der Waals surface area contributed by atoms with Gasteiger partial charge in [-0.1, -0.05) is 20.3 Å². The Balaban J connectivity index is 1.53. The van der Waals surface area contributed by atoms with E-state index in [1.165, 1.54) is 71.1 Å². The van der Waals surface area contributed by atoms with Crippen molar-refractivity contribution in [1.82, 2.24) is 15.1 Å². The molecule has 23 heavy (non-hydrogen) atoms. The molecule has 0 aromatic rings. The van der Waals surface area contributed by atoms with Gasteiger partial charge in [0.25, 0.3) is 0 Å². The molecule has 4 heteroatoms. The van der Waals surface area contributed by atoms with Crippen LogP contribution in [0, 0.1) is 11.3 Å². The molecule has 1 atom stereocenters. The molecule has 4 nitrogen and oxygen atoms in total. The Morgan fingerprint density at radius 2 is 1.83 bits per heavy atom. The lowest BCUT2D eigenvalue weighted by Gasteiger charge is -2.38. The van der Waals surface area contributed by atoms with Crippen LogP contribution in [0.2, 0.25) is 0 Å². The van der Waals surface area contributed by atoms with E-state index in [1.807, 2.05) is 7.05 Å². The van der Waals surface area contributed by atoms with Gasteiger partial charge in [-0.25, -0.2) is 0 Å². The highest BCUT2D eigenvalue weighted by atomic mass is 15.3. The maximum Gasteiger partial charge on any atom is 0.193 e. The van der Waals surface area contributed by atoms with E-state index < -0.39 is 0 Å². The van der Waals surface area contributed by atoms with Crippen LogP contribution in [0.5, 0.6) is 0 Å². The normalized spacial score (nSPS) is 26.1. The largest absolute Gasteiger partial charge is 0.355 e. The molecule has 1 saturated carbocycles. The average Bonchev–Trinajstić information content (AvgIpc) is 3.15. The van der Waals surface area contributed by atoms with Gasteiger partial charge in [0.15, 0.2) is 5.96 Å². The molecule has 0 aromatic heterocycles. The van der Waals surface area contributed by atoms with Crippen molar-refractivity contribution in [2.75, 3.05) is 39.8 Å². The number of hydrogen-bond donors (Lipinski definition) is 1. The zero-order chi connectivity index (χ0) is 16.3. The highest BCUT2D eigenvalue weighted by Crippen LogP contribution is 2.47. The zero-order valence-electron chi connectivity index (χ0n) is 15.5. The van der Waals surface area contributed by atoms with Crippen LogP contribution in [-0.4, -0.2) is 61.6 Å². The molecule has 0 bridgehead atoms. The van der Waals surface area contributed by atoms with Gasteiger partial charge in [0, 0.05) is 32.7 Å². The Labute approximate surface area is 142 Å². The van der Waals surface area contributed by atoms with Gasteiger partial charge in [0.2, 0.25) is 0 Å². The van der Waals surface area contributed by atoms with Crippen LogP contribution in [0.1, 0.15) is 58.8 Å². The second-order valence-corrected chi connectivity index (χ2v) is 8.48. The van der Waals surface area contributed by atoms with Crippen molar-refractivity contribution in [2.24, 2.45) is 16.3 Å². The molecule has 132 valence electrons. The van der Waals surface area contributed by atoms with Gasteiger partial charge in [-0.2, -0.15) is 0 Å². The average molecular weight is 321 g/mol. The van der Waals surface area contributed by atoms with Crippen molar-refractivity contribution in [3.8, 4) is 0 Å². The van der Waals surface area contributed by atoms with Crippen molar-refractivity contribution in [3.63, 3.8) is 0 Å². The van der Waals surface area contributed by atoms with Crippen LogP contribution >= 0.6 is 0 Å². The van der Waals surface area contributed by atoms with E-state index in [-0.39, 0.29) is 0 Å². The van der Waals surface area contributed by atoms with Crippen molar-refractivity contribution in [3.05, 3.63) is 0 Å². The van der Waals surface area contributed by atoms with Crippen molar-refractivity contribution >= 4 is 5.96 Å². The summed E-state index contributed by atoms with van der Waals surface area (Å²) >= 11 is 0. The number of nitrogens with one attached hydrogen (secondary N) is 1. The third-order valence-corrected chi connectivity index (χ3v) is 6.26. The van der Waals surface area contributed by atoms with E-state index in [4.69, 9.17) is 0 Å². The molecule has 1 unspecified atom stereocenters. The van der Waals surface area contributed by atoms with Gasteiger partial charge >= 0.3 is 0 Å². The van der Waals surface area contributed by atoms with E-state index in [9.17, 15) is 0 Å². The predicted octanol–water partition coefficient (Wildman–Crippen LogP) is 2.95. The second-order valence-electron chi connectivity index (χ2n) is 8.48. The summed E-state index contributed by atoms with van der Waals surface area (Å²) in [4.78, 5) is 9.79. The molecule has 3 fully saturated rings. The van der Waals surface area contributed by atoms with Gasteiger partial charge in [-0.3, -0.25) is 9.89 Å². The van der Waals surface area contributed by atoms with E-state index in [2.05, 4.69) is 34.0 Å². The van der Waals surface area contributed by atoms with Gasteiger partial charge in [0.1, 0.15) is 0 Å². The Kier molecular flexibility index (Phi) is 5.50. The molecule has 0 aromatic carbocycles. The van der Waals surface area contributed by atoms with Crippen molar-refractivity contribution < 1.29 is 0 Å². The fourth-order valence-electron chi connectivity index (χ4n) is 4.75. The predicted molar refractivity (Wildman–Crippen MR) is 97.9 cm³/mol. The Bertz CT molecular complexity index is 408. The fraction of sp³-hybridized carbons (Fsp3) is 0.947. The maximum atomic E-state index is 4.58. The summed E-state index contributed by atoms with van der Waals surface area (Å²) in [6.45, 7) is 10.7. The van der Waals surface area contributed by atoms with Crippen LogP contribution in [0.3, 0.4) is 0 Å².